The van der Waals surface area contributed by atoms with Crippen molar-refractivity contribution in [2.45, 2.75) is 46.2 Å². The third-order valence-electron chi connectivity index (χ3n) is 5.89. The highest BCUT2D eigenvalue weighted by Gasteiger charge is 2.31. The van der Waals surface area contributed by atoms with Crippen molar-refractivity contribution in [3.8, 4) is 5.75 Å². The Bertz CT molecular complexity index is 849. The first kappa shape index (κ1) is 20.6. The predicted octanol–water partition coefficient (Wildman–Crippen LogP) is 3.64. The van der Waals surface area contributed by atoms with E-state index in [9.17, 15) is 9.90 Å². The molecule has 0 saturated carbocycles. The van der Waals surface area contributed by atoms with Crippen LogP contribution in [0.3, 0.4) is 0 Å². The number of aromatic hydroxyl groups is 1. The number of hydrogen-bond acceptors (Lipinski definition) is 4. The second-order valence-electron chi connectivity index (χ2n) is 8.07. The topological polar surface area (TPSA) is 54.7 Å². The van der Waals surface area contributed by atoms with E-state index in [0.717, 1.165) is 37.2 Å². The summed E-state index contributed by atoms with van der Waals surface area (Å²) in [5.41, 5.74) is 3.33. The third kappa shape index (κ3) is 4.31. The van der Waals surface area contributed by atoms with E-state index in [4.69, 9.17) is 4.74 Å². The van der Waals surface area contributed by atoms with E-state index < -0.39 is 0 Å². The van der Waals surface area contributed by atoms with E-state index >= 15 is 0 Å². The van der Waals surface area contributed by atoms with Gasteiger partial charge in [-0.25, -0.2) is 0 Å². The van der Waals surface area contributed by atoms with Gasteiger partial charge in [-0.15, -0.1) is 0 Å². The number of aromatic nitrogens is 1. The Morgan fingerprint density at radius 2 is 1.82 bits per heavy atom. The fraction of sp³-hybridized carbons (Fsp3) is 0.522. The summed E-state index contributed by atoms with van der Waals surface area (Å²) in [5, 5.41) is 10.8. The molecule has 1 N–H and O–H groups in total. The Balaban J connectivity index is 2.12. The maximum Gasteiger partial charge on any atom is 0.259 e. The second kappa shape index (κ2) is 8.93. The predicted molar refractivity (Wildman–Crippen MR) is 112 cm³/mol. The Morgan fingerprint density at radius 1 is 1.18 bits per heavy atom. The molecule has 0 spiro atoms. The summed E-state index contributed by atoms with van der Waals surface area (Å²) in [7, 11) is 1.63. The first-order valence-corrected chi connectivity index (χ1v) is 10.1. The molecule has 1 aromatic carbocycles. The summed E-state index contributed by atoms with van der Waals surface area (Å²) in [6.45, 7) is 8.97. The lowest BCUT2D eigenvalue weighted by molar-refractivity contribution is 0.154. The fourth-order valence-corrected chi connectivity index (χ4v) is 4.08. The molecule has 28 heavy (non-hydrogen) atoms. The Kier molecular flexibility index (Phi) is 6.57. The second-order valence-corrected chi connectivity index (χ2v) is 8.07. The summed E-state index contributed by atoms with van der Waals surface area (Å²) in [6.07, 6.45) is 2.21. The Labute approximate surface area is 167 Å². The van der Waals surface area contributed by atoms with Crippen LogP contribution in [0.5, 0.6) is 5.75 Å². The fourth-order valence-electron chi connectivity index (χ4n) is 4.08. The van der Waals surface area contributed by atoms with Crippen molar-refractivity contribution in [3.63, 3.8) is 0 Å². The lowest BCUT2D eigenvalue weighted by Crippen LogP contribution is -2.40. The van der Waals surface area contributed by atoms with Crippen LogP contribution >= 0.6 is 0 Å². The van der Waals surface area contributed by atoms with E-state index in [2.05, 4.69) is 43.0 Å². The number of pyridine rings is 1. The SMILES string of the molecule is COCCn1c(C)cc(O)c(C(c2ccc(C)cc2)N2CCC(C)CC2)c1=O. The highest BCUT2D eigenvalue weighted by atomic mass is 16.5. The van der Waals surface area contributed by atoms with Crippen molar-refractivity contribution < 1.29 is 9.84 Å². The molecule has 152 valence electrons. The molecule has 1 aliphatic heterocycles. The van der Waals surface area contributed by atoms with Gasteiger partial charge in [0.05, 0.1) is 18.2 Å². The molecule has 5 heteroatoms. The lowest BCUT2D eigenvalue weighted by Gasteiger charge is -2.37. The zero-order chi connectivity index (χ0) is 20.3. The highest BCUT2D eigenvalue weighted by Crippen LogP contribution is 2.35. The van der Waals surface area contributed by atoms with Crippen LogP contribution in [0.2, 0.25) is 0 Å². The van der Waals surface area contributed by atoms with E-state index in [1.807, 2.05) is 6.92 Å². The number of hydrogen-bond donors (Lipinski definition) is 1. The van der Waals surface area contributed by atoms with Gasteiger partial charge >= 0.3 is 0 Å². The van der Waals surface area contributed by atoms with Crippen molar-refractivity contribution in [3.05, 3.63) is 63.1 Å². The van der Waals surface area contributed by atoms with E-state index in [1.165, 1.54) is 5.56 Å². The van der Waals surface area contributed by atoms with Crippen molar-refractivity contribution in [1.82, 2.24) is 9.47 Å². The molecule has 2 heterocycles. The number of likely N-dealkylation sites (tertiary alicyclic amines) is 1. The maximum absolute atomic E-state index is 13.4. The molecule has 1 aliphatic rings. The molecule has 2 aromatic rings. The summed E-state index contributed by atoms with van der Waals surface area (Å²) >= 11 is 0. The van der Waals surface area contributed by atoms with Crippen LogP contribution in [0.25, 0.3) is 0 Å². The molecule has 0 bridgehead atoms. The number of benzene rings is 1. The van der Waals surface area contributed by atoms with Crippen LogP contribution in [0.15, 0.2) is 35.1 Å². The number of aryl methyl sites for hydroxylation is 2. The molecule has 3 rings (SSSR count). The van der Waals surface area contributed by atoms with E-state index in [1.54, 1.807) is 17.7 Å². The van der Waals surface area contributed by atoms with Gasteiger partial charge in [0.1, 0.15) is 5.75 Å². The van der Waals surface area contributed by atoms with Gasteiger partial charge < -0.3 is 14.4 Å². The van der Waals surface area contributed by atoms with Crippen LogP contribution in [0, 0.1) is 19.8 Å². The largest absolute Gasteiger partial charge is 0.507 e. The minimum Gasteiger partial charge on any atom is -0.507 e. The first-order valence-electron chi connectivity index (χ1n) is 10.1. The van der Waals surface area contributed by atoms with Gasteiger partial charge in [-0.05, 0) is 57.3 Å². The molecule has 1 fully saturated rings. The zero-order valence-electron chi connectivity index (χ0n) is 17.4. The summed E-state index contributed by atoms with van der Waals surface area (Å²) in [4.78, 5) is 15.8. The first-order chi connectivity index (χ1) is 13.4. The average Bonchev–Trinajstić information content (AvgIpc) is 2.67. The normalized spacial score (nSPS) is 17.0. The van der Waals surface area contributed by atoms with Gasteiger partial charge in [0.15, 0.2) is 0 Å². The Hall–Kier alpha value is -2.11. The van der Waals surface area contributed by atoms with Crippen molar-refractivity contribution in [1.29, 1.82) is 0 Å². The van der Waals surface area contributed by atoms with Gasteiger partial charge in [-0.2, -0.15) is 0 Å². The molecule has 0 amide bonds. The van der Waals surface area contributed by atoms with Crippen LogP contribution < -0.4 is 5.56 Å². The zero-order valence-corrected chi connectivity index (χ0v) is 17.4. The molecule has 5 nitrogen and oxygen atoms in total. The molecular formula is C23H32N2O3. The minimum atomic E-state index is -0.241. The van der Waals surface area contributed by atoms with Crippen LogP contribution in [0.4, 0.5) is 0 Å². The van der Waals surface area contributed by atoms with Crippen LogP contribution in [-0.4, -0.2) is 41.4 Å². The molecule has 1 atom stereocenters. The van der Waals surface area contributed by atoms with Crippen LogP contribution in [0.1, 0.15) is 48.2 Å². The number of methoxy groups -OCH3 is 1. The minimum absolute atomic E-state index is 0.0837. The van der Waals surface area contributed by atoms with Gasteiger partial charge in [0, 0.05) is 19.3 Å². The number of rotatable bonds is 6. The lowest BCUT2D eigenvalue weighted by atomic mass is 9.91. The molecule has 1 unspecified atom stereocenters. The maximum atomic E-state index is 13.4. The van der Waals surface area contributed by atoms with E-state index in [-0.39, 0.29) is 17.4 Å². The average molecular weight is 385 g/mol. The molecule has 1 saturated heterocycles. The number of piperidine rings is 1. The Morgan fingerprint density at radius 3 is 2.43 bits per heavy atom. The monoisotopic (exact) mass is 384 g/mol. The van der Waals surface area contributed by atoms with Crippen LogP contribution in [-0.2, 0) is 11.3 Å². The highest BCUT2D eigenvalue weighted by molar-refractivity contribution is 5.41. The van der Waals surface area contributed by atoms with Gasteiger partial charge in [-0.1, -0.05) is 36.8 Å². The van der Waals surface area contributed by atoms with E-state index in [0.29, 0.717) is 24.6 Å². The summed E-state index contributed by atoms with van der Waals surface area (Å²) in [5.74, 6) is 0.778. The number of ether oxygens (including phenoxy) is 1. The molecular weight excluding hydrogens is 352 g/mol. The molecule has 0 radical (unpaired) electrons. The third-order valence-corrected chi connectivity index (χ3v) is 5.89. The molecule has 1 aromatic heterocycles. The van der Waals surface area contributed by atoms with Gasteiger partial charge in [-0.3, -0.25) is 9.69 Å². The quantitative estimate of drug-likeness (QED) is 0.826. The smallest absolute Gasteiger partial charge is 0.259 e. The van der Waals surface area contributed by atoms with Crippen molar-refractivity contribution >= 4 is 0 Å². The standard InChI is InChI=1S/C23H32N2O3/c1-16-5-7-19(8-6-16)22(24-11-9-17(2)10-12-24)21-20(26)15-18(3)25(23(21)27)13-14-28-4/h5-8,15,17,22,26H,9-14H2,1-4H3. The van der Waals surface area contributed by atoms with Gasteiger partial charge in [0.25, 0.3) is 5.56 Å². The summed E-state index contributed by atoms with van der Waals surface area (Å²) < 4.78 is 6.89. The summed E-state index contributed by atoms with van der Waals surface area (Å²) in [6, 6.07) is 9.77. The number of nitrogens with zero attached hydrogens (tertiary/aromatic N) is 2. The van der Waals surface area contributed by atoms with Crippen molar-refractivity contribution in [2.75, 3.05) is 26.8 Å². The molecule has 0 aliphatic carbocycles. The van der Waals surface area contributed by atoms with Crippen molar-refractivity contribution in [2.24, 2.45) is 5.92 Å². The van der Waals surface area contributed by atoms with Gasteiger partial charge in [0.2, 0.25) is 0 Å².